The molecular weight excluding hydrogens is 232 g/mol. The first-order chi connectivity index (χ1) is 6.27. The van der Waals surface area contributed by atoms with E-state index in [0.717, 1.165) is 16.7 Å². The summed E-state index contributed by atoms with van der Waals surface area (Å²) in [6, 6.07) is 3.89. The van der Waals surface area contributed by atoms with Gasteiger partial charge in [-0.2, -0.15) is 0 Å². The number of rotatable bonds is 1. The van der Waals surface area contributed by atoms with E-state index < -0.39 is 0 Å². The van der Waals surface area contributed by atoms with Crippen LogP contribution in [0.5, 0.6) is 0 Å². The normalized spacial score (nSPS) is 21.6. The summed E-state index contributed by atoms with van der Waals surface area (Å²) in [5.41, 5.74) is 1.11. The van der Waals surface area contributed by atoms with Gasteiger partial charge in [0.2, 0.25) is 5.91 Å². The molecule has 0 bridgehead atoms. The molecule has 1 saturated heterocycles. The molecule has 0 aliphatic carbocycles. The summed E-state index contributed by atoms with van der Waals surface area (Å²) in [7, 11) is 0. The van der Waals surface area contributed by atoms with Crippen molar-refractivity contribution >= 4 is 21.8 Å². The van der Waals surface area contributed by atoms with Crippen LogP contribution in [-0.2, 0) is 4.79 Å². The van der Waals surface area contributed by atoms with Crippen LogP contribution < -0.4 is 5.32 Å². The number of hydrogen-bond donors (Lipinski definition) is 1. The molecule has 1 aromatic rings. The van der Waals surface area contributed by atoms with E-state index in [2.05, 4.69) is 26.2 Å². The van der Waals surface area contributed by atoms with E-state index in [0.29, 0.717) is 6.42 Å². The topological polar surface area (TPSA) is 42.0 Å². The fourth-order valence-electron chi connectivity index (χ4n) is 1.53. The number of halogens is 1. The molecule has 1 aromatic heterocycles. The summed E-state index contributed by atoms with van der Waals surface area (Å²) in [6.45, 7) is 0.725. The van der Waals surface area contributed by atoms with Crippen LogP contribution >= 0.6 is 15.9 Å². The molecule has 3 nitrogen and oxygen atoms in total. The van der Waals surface area contributed by atoms with Crippen LogP contribution in [0, 0.1) is 0 Å². The molecule has 4 heteroatoms. The van der Waals surface area contributed by atoms with Gasteiger partial charge in [-0.1, -0.05) is 6.07 Å². The Kier molecular flexibility index (Phi) is 2.31. The van der Waals surface area contributed by atoms with Gasteiger partial charge < -0.3 is 5.32 Å². The Balaban J connectivity index is 2.26. The van der Waals surface area contributed by atoms with Gasteiger partial charge in [-0.05, 0) is 27.6 Å². The van der Waals surface area contributed by atoms with Crippen LogP contribution in [0.25, 0.3) is 0 Å². The van der Waals surface area contributed by atoms with Crippen LogP contribution in [-0.4, -0.2) is 17.4 Å². The molecule has 0 saturated carbocycles. The van der Waals surface area contributed by atoms with E-state index in [9.17, 15) is 4.79 Å². The lowest BCUT2D eigenvalue weighted by Crippen LogP contribution is -2.13. The molecule has 68 valence electrons. The number of amides is 1. The second-order valence-electron chi connectivity index (χ2n) is 3.09. The molecule has 1 aliphatic heterocycles. The fraction of sp³-hybridized carbons (Fsp3) is 0.333. The van der Waals surface area contributed by atoms with Gasteiger partial charge in [0.15, 0.2) is 0 Å². The molecule has 1 aliphatic rings. The molecule has 1 unspecified atom stereocenters. The van der Waals surface area contributed by atoms with Gasteiger partial charge in [0, 0.05) is 25.1 Å². The molecular formula is C9H9BrN2O. The van der Waals surface area contributed by atoms with Crippen LogP contribution in [0.4, 0.5) is 0 Å². The van der Waals surface area contributed by atoms with Crippen molar-refractivity contribution in [3.63, 3.8) is 0 Å². The van der Waals surface area contributed by atoms with Crippen LogP contribution in [0.3, 0.4) is 0 Å². The van der Waals surface area contributed by atoms with Crippen LogP contribution in [0.15, 0.2) is 22.9 Å². The molecule has 13 heavy (non-hydrogen) atoms. The summed E-state index contributed by atoms with van der Waals surface area (Å²) in [5, 5.41) is 2.81. The minimum absolute atomic E-state index is 0.126. The van der Waals surface area contributed by atoms with E-state index in [1.807, 2.05) is 12.1 Å². The maximum Gasteiger partial charge on any atom is 0.220 e. The highest BCUT2D eigenvalue weighted by Gasteiger charge is 2.24. The first kappa shape index (κ1) is 8.69. The predicted molar refractivity (Wildman–Crippen MR) is 52.3 cm³/mol. The Labute approximate surface area is 84.7 Å². The standard InChI is InChI=1S/C9H9BrN2O/c10-9-7(2-1-3-11-9)6-4-8(13)12-5-6/h1-3,6H,4-5H2,(H,12,13). The van der Waals surface area contributed by atoms with Crippen molar-refractivity contribution in [3.05, 3.63) is 28.5 Å². The highest BCUT2D eigenvalue weighted by atomic mass is 79.9. The quantitative estimate of drug-likeness (QED) is 0.756. The van der Waals surface area contributed by atoms with Crippen molar-refractivity contribution in [1.82, 2.24) is 10.3 Å². The van der Waals surface area contributed by atoms with Gasteiger partial charge in [-0.3, -0.25) is 4.79 Å². The van der Waals surface area contributed by atoms with E-state index in [4.69, 9.17) is 0 Å². The Morgan fingerprint density at radius 2 is 2.46 bits per heavy atom. The molecule has 0 spiro atoms. The van der Waals surface area contributed by atoms with Crippen LogP contribution in [0.2, 0.25) is 0 Å². The number of pyridine rings is 1. The molecule has 2 heterocycles. The summed E-state index contributed by atoms with van der Waals surface area (Å²) in [5.74, 6) is 0.399. The van der Waals surface area contributed by atoms with E-state index >= 15 is 0 Å². The second-order valence-corrected chi connectivity index (χ2v) is 3.84. The van der Waals surface area contributed by atoms with Gasteiger partial charge in [0.1, 0.15) is 4.60 Å². The van der Waals surface area contributed by atoms with Crippen LogP contribution in [0.1, 0.15) is 17.9 Å². The van der Waals surface area contributed by atoms with E-state index in [1.165, 1.54) is 0 Å². The van der Waals surface area contributed by atoms with Crippen molar-refractivity contribution in [3.8, 4) is 0 Å². The molecule has 0 radical (unpaired) electrons. The third-order valence-electron chi connectivity index (χ3n) is 2.21. The van der Waals surface area contributed by atoms with E-state index in [-0.39, 0.29) is 11.8 Å². The maximum absolute atomic E-state index is 11.0. The first-order valence-electron chi connectivity index (χ1n) is 4.14. The third-order valence-corrected chi connectivity index (χ3v) is 2.87. The number of carbonyl (C=O) groups excluding carboxylic acids is 1. The Bertz CT molecular complexity index is 340. The summed E-state index contributed by atoms with van der Waals surface area (Å²) in [6.07, 6.45) is 2.31. The SMILES string of the molecule is O=C1CC(c2cccnc2Br)CN1. The first-order valence-corrected chi connectivity index (χ1v) is 4.94. The minimum Gasteiger partial charge on any atom is -0.355 e. The third kappa shape index (κ3) is 1.72. The van der Waals surface area contributed by atoms with Crippen molar-refractivity contribution in [1.29, 1.82) is 0 Å². The summed E-state index contributed by atoms with van der Waals surface area (Å²) in [4.78, 5) is 15.1. The second kappa shape index (κ2) is 3.46. The Morgan fingerprint density at radius 3 is 3.08 bits per heavy atom. The average Bonchev–Trinajstić information content (AvgIpc) is 2.53. The van der Waals surface area contributed by atoms with Crippen molar-refractivity contribution < 1.29 is 4.79 Å². The van der Waals surface area contributed by atoms with Crippen molar-refractivity contribution in [2.24, 2.45) is 0 Å². The molecule has 1 amide bonds. The number of hydrogen-bond acceptors (Lipinski definition) is 2. The maximum atomic E-state index is 11.0. The van der Waals surface area contributed by atoms with Gasteiger partial charge in [-0.15, -0.1) is 0 Å². The smallest absolute Gasteiger partial charge is 0.220 e. The molecule has 2 rings (SSSR count). The number of carbonyl (C=O) groups is 1. The number of nitrogens with one attached hydrogen (secondary N) is 1. The fourth-order valence-corrected chi connectivity index (χ4v) is 2.10. The molecule has 1 fully saturated rings. The monoisotopic (exact) mass is 240 g/mol. The zero-order valence-electron chi connectivity index (χ0n) is 6.96. The minimum atomic E-state index is 0.126. The predicted octanol–water partition coefficient (Wildman–Crippen LogP) is 1.45. The van der Waals surface area contributed by atoms with Gasteiger partial charge in [0.25, 0.3) is 0 Å². The summed E-state index contributed by atoms with van der Waals surface area (Å²) >= 11 is 3.38. The molecule has 0 aromatic carbocycles. The molecule has 1 N–H and O–H groups in total. The van der Waals surface area contributed by atoms with Gasteiger partial charge >= 0.3 is 0 Å². The highest BCUT2D eigenvalue weighted by molar-refractivity contribution is 9.10. The van der Waals surface area contributed by atoms with Gasteiger partial charge in [-0.25, -0.2) is 4.98 Å². The van der Waals surface area contributed by atoms with Crippen molar-refractivity contribution in [2.45, 2.75) is 12.3 Å². The Morgan fingerprint density at radius 1 is 1.62 bits per heavy atom. The van der Waals surface area contributed by atoms with E-state index in [1.54, 1.807) is 6.20 Å². The highest BCUT2D eigenvalue weighted by Crippen LogP contribution is 2.27. The largest absolute Gasteiger partial charge is 0.355 e. The Hall–Kier alpha value is -0.900. The lowest BCUT2D eigenvalue weighted by atomic mass is 10.0. The average molecular weight is 241 g/mol. The zero-order valence-corrected chi connectivity index (χ0v) is 8.54. The number of aromatic nitrogens is 1. The molecule has 1 atom stereocenters. The lowest BCUT2D eigenvalue weighted by Gasteiger charge is -2.08. The van der Waals surface area contributed by atoms with Crippen molar-refractivity contribution in [2.75, 3.05) is 6.54 Å². The number of nitrogens with zero attached hydrogens (tertiary/aromatic N) is 1. The van der Waals surface area contributed by atoms with Gasteiger partial charge in [0.05, 0.1) is 0 Å². The summed E-state index contributed by atoms with van der Waals surface area (Å²) < 4.78 is 0.844. The zero-order chi connectivity index (χ0) is 9.26. The lowest BCUT2D eigenvalue weighted by molar-refractivity contribution is -0.119.